The van der Waals surface area contributed by atoms with E-state index in [1.165, 1.54) is 32.5 Å². The van der Waals surface area contributed by atoms with Crippen LogP contribution >= 0.6 is 0 Å². The molecule has 1 aromatic carbocycles. The minimum absolute atomic E-state index is 0.691. The fourth-order valence-corrected chi connectivity index (χ4v) is 3.12. The van der Waals surface area contributed by atoms with Gasteiger partial charge >= 0.3 is 0 Å². The Bertz CT molecular complexity index is 455. The summed E-state index contributed by atoms with van der Waals surface area (Å²) in [6.07, 6.45) is 3.54. The highest BCUT2D eigenvalue weighted by atomic mass is 16.5. The van der Waals surface area contributed by atoms with Crippen molar-refractivity contribution < 1.29 is 14.2 Å². The van der Waals surface area contributed by atoms with Crippen LogP contribution in [0.1, 0.15) is 33.1 Å². The number of hydrogen-bond donors (Lipinski definition) is 0. The summed E-state index contributed by atoms with van der Waals surface area (Å²) in [7, 11) is 3.31. The molecule has 1 heterocycles. The van der Waals surface area contributed by atoms with Crippen molar-refractivity contribution in [2.24, 2.45) is 11.8 Å². The molecule has 0 amide bonds. The summed E-state index contributed by atoms with van der Waals surface area (Å²) in [4.78, 5) is 2.59. The molecule has 4 nitrogen and oxygen atoms in total. The molecule has 0 aliphatic carbocycles. The molecule has 0 saturated carbocycles. The van der Waals surface area contributed by atoms with E-state index < -0.39 is 0 Å². The van der Waals surface area contributed by atoms with Crippen molar-refractivity contribution >= 4 is 0 Å². The first-order valence-corrected chi connectivity index (χ1v) is 8.71. The van der Waals surface area contributed by atoms with Gasteiger partial charge in [-0.25, -0.2) is 0 Å². The van der Waals surface area contributed by atoms with Crippen LogP contribution in [0.3, 0.4) is 0 Å². The largest absolute Gasteiger partial charge is 0.493 e. The van der Waals surface area contributed by atoms with Gasteiger partial charge in [0.15, 0.2) is 11.5 Å². The second kappa shape index (κ2) is 9.02. The topological polar surface area (TPSA) is 30.9 Å². The lowest BCUT2D eigenvalue weighted by Crippen LogP contribution is -2.38. The zero-order chi connectivity index (χ0) is 16.7. The molecule has 1 fully saturated rings. The lowest BCUT2D eigenvalue weighted by molar-refractivity contribution is 0.134. The van der Waals surface area contributed by atoms with Gasteiger partial charge in [0.25, 0.3) is 0 Å². The second-order valence-corrected chi connectivity index (χ2v) is 6.59. The van der Waals surface area contributed by atoms with Gasteiger partial charge in [-0.05, 0) is 56.3 Å². The molecule has 0 N–H and O–H groups in total. The zero-order valence-electron chi connectivity index (χ0n) is 15.0. The minimum atomic E-state index is 0.691. The molecule has 0 spiro atoms. The number of ether oxygens (including phenoxy) is 3. The lowest BCUT2D eigenvalue weighted by Gasteiger charge is -2.35. The van der Waals surface area contributed by atoms with Crippen LogP contribution in [0, 0.1) is 11.8 Å². The number of nitrogens with zero attached hydrogens (tertiary/aromatic N) is 1. The number of piperidine rings is 1. The highest BCUT2D eigenvalue weighted by Gasteiger charge is 2.21. The van der Waals surface area contributed by atoms with E-state index >= 15 is 0 Å². The maximum absolute atomic E-state index is 5.91. The molecular formula is C19H31NO3. The molecule has 0 aromatic heterocycles. The van der Waals surface area contributed by atoms with Crippen molar-refractivity contribution in [1.29, 1.82) is 0 Å². The normalized spacial score (nSPS) is 21.9. The van der Waals surface area contributed by atoms with Crippen molar-refractivity contribution in [2.75, 3.05) is 40.5 Å². The van der Waals surface area contributed by atoms with Crippen molar-refractivity contribution in [3.8, 4) is 17.2 Å². The summed E-state index contributed by atoms with van der Waals surface area (Å²) < 4.78 is 16.6. The molecule has 1 aliphatic rings. The zero-order valence-corrected chi connectivity index (χ0v) is 15.0. The highest BCUT2D eigenvalue weighted by Crippen LogP contribution is 2.36. The molecule has 130 valence electrons. The first-order valence-electron chi connectivity index (χ1n) is 8.71. The number of methoxy groups -OCH3 is 2. The molecule has 0 radical (unpaired) electrons. The Morgan fingerprint density at radius 2 is 1.74 bits per heavy atom. The Kier molecular flexibility index (Phi) is 7.03. The fraction of sp³-hybridized carbons (Fsp3) is 0.684. The summed E-state index contributed by atoms with van der Waals surface area (Å²) >= 11 is 0. The van der Waals surface area contributed by atoms with Crippen molar-refractivity contribution in [3.63, 3.8) is 0 Å². The van der Waals surface area contributed by atoms with Crippen LogP contribution in [0.15, 0.2) is 18.2 Å². The van der Waals surface area contributed by atoms with E-state index in [9.17, 15) is 0 Å². The van der Waals surface area contributed by atoms with Gasteiger partial charge in [0.05, 0.1) is 20.8 Å². The average molecular weight is 321 g/mol. The van der Waals surface area contributed by atoms with Gasteiger partial charge in [0.2, 0.25) is 5.75 Å². The molecule has 4 heteroatoms. The monoisotopic (exact) mass is 321 g/mol. The maximum atomic E-state index is 5.91. The third-order valence-electron chi connectivity index (χ3n) is 4.92. The summed E-state index contributed by atoms with van der Waals surface area (Å²) in [5, 5.41) is 0. The number of likely N-dealkylation sites (tertiary alicyclic amines) is 1. The van der Waals surface area contributed by atoms with Gasteiger partial charge in [-0.15, -0.1) is 0 Å². The standard InChI is InChI=1S/C19H31NO3/c1-15-10-12-20(14-16(15)2)11-5-6-13-23-19-17(21-3)8-7-9-18(19)22-4/h7-9,15-16H,5-6,10-14H2,1-4H3/t15-,16+/m0/s1. The van der Waals surface area contributed by atoms with E-state index in [-0.39, 0.29) is 0 Å². The Hall–Kier alpha value is -1.42. The third kappa shape index (κ3) is 5.03. The number of para-hydroxylation sites is 1. The molecule has 0 unspecified atom stereocenters. The first-order chi connectivity index (χ1) is 11.2. The molecule has 1 aliphatic heterocycles. The molecule has 2 rings (SSSR count). The van der Waals surface area contributed by atoms with E-state index in [0.29, 0.717) is 12.4 Å². The average Bonchev–Trinajstić information content (AvgIpc) is 2.57. The van der Waals surface area contributed by atoms with Crippen LogP contribution in [0.25, 0.3) is 0 Å². The second-order valence-electron chi connectivity index (χ2n) is 6.59. The quantitative estimate of drug-likeness (QED) is 0.681. The molecule has 0 bridgehead atoms. The number of hydrogen-bond acceptors (Lipinski definition) is 4. The van der Waals surface area contributed by atoms with Crippen LogP contribution in [0.4, 0.5) is 0 Å². The lowest BCUT2D eigenvalue weighted by atomic mass is 9.88. The van der Waals surface area contributed by atoms with Gasteiger partial charge in [0, 0.05) is 6.54 Å². The third-order valence-corrected chi connectivity index (χ3v) is 4.92. The Labute approximate surface area is 140 Å². The Morgan fingerprint density at radius 1 is 1.04 bits per heavy atom. The van der Waals surface area contributed by atoms with E-state index in [2.05, 4.69) is 18.7 Å². The smallest absolute Gasteiger partial charge is 0.203 e. The maximum Gasteiger partial charge on any atom is 0.203 e. The molecular weight excluding hydrogens is 290 g/mol. The van der Waals surface area contributed by atoms with Crippen molar-refractivity contribution in [3.05, 3.63) is 18.2 Å². The highest BCUT2D eigenvalue weighted by molar-refractivity contribution is 5.51. The summed E-state index contributed by atoms with van der Waals surface area (Å²) in [5.74, 6) is 3.84. The SMILES string of the molecule is COc1cccc(OC)c1OCCCCN1CC[C@H](C)[C@H](C)C1. The van der Waals surface area contributed by atoms with E-state index in [1.807, 2.05) is 18.2 Å². The Morgan fingerprint density at radius 3 is 2.35 bits per heavy atom. The van der Waals surface area contributed by atoms with Gasteiger partial charge in [-0.2, -0.15) is 0 Å². The molecule has 23 heavy (non-hydrogen) atoms. The van der Waals surface area contributed by atoms with Crippen LogP contribution < -0.4 is 14.2 Å². The molecule has 1 saturated heterocycles. The van der Waals surface area contributed by atoms with Crippen LogP contribution in [-0.4, -0.2) is 45.4 Å². The van der Waals surface area contributed by atoms with Crippen molar-refractivity contribution in [2.45, 2.75) is 33.1 Å². The predicted octanol–water partition coefficient (Wildman–Crippen LogP) is 3.84. The van der Waals surface area contributed by atoms with Gasteiger partial charge in [-0.3, -0.25) is 0 Å². The molecule has 2 atom stereocenters. The number of unbranched alkanes of at least 4 members (excludes halogenated alkanes) is 1. The van der Waals surface area contributed by atoms with E-state index in [4.69, 9.17) is 14.2 Å². The first kappa shape index (κ1) is 17.9. The van der Waals surface area contributed by atoms with Gasteiger partial charge in [-0.1, -0.05) is 19.9 Å². The van der Waals surface area contributed by atoms with Gasteiger partial charge < -0.3 is 19.1 Å². The number of benzene rings is 1. The Balaban J connectivity index is 1.72. The summed E-state index contributed by atoms with van der Waals surface area (Å²) in [5.41, 5.74) is 0. The van der Waals surface area contributed by atoms with Crippen LogP contribution in [0.5, 0.6) is 17.2 Å². The number of rotatable bonds is 8. The summed E-state index contributed by atoms with van der Waals surface area (Å²) in [6, 6.07) is 5.70. The van der Waals surface area contributed by atoms with Crippen LogP contribution in [-0.2, 0) is 0 Å². The van der Waals surface area contributed by atoms with Crippen molar-refractivity contribution in [1.82, 2.24) is 4.90 Å². The molecule has 1 aromatic rings. The van der Waals surface area contributed by atoms with E-state index in [1.54, 1.807) is 14.2 Å². The predicted molar refractivity (Wildman–Crippen MR) is 93.7 cm³/mol. The summed E-state index contributed by atoms with van der Waals surface area (Å²) in [6.45, 7) is 9.08. The minimum Gasteiger partial charge on any atom is -0.493 e. The van der Waals surface area contributed by atoms with E-state index in [0.717, 1.165) is 29.8 Å². The van der Waals surface area contributed by atoms with Crippen LogP contribution in [0.2, 0.25) is 0 Å². The van der Waals surface area contributed by atoms with Gasteiger partial charge in [0.1, 0.15) is 0 Å². The fourth-order valence-electron chi connectivity index (χ4n) is 3.12.